The summed E-state index contributed by atoms with van der Waals surface area (Å²) in [5, 5.41) is 0. The van der Waals surface area contributed by atoms with E-state index in [-0.39, 0.29) is 0 Å². The fraction of sp³-hybridized carbons (Fsp3) is 0.357. The van der Waals surface area contributed by atoms with Crippen LogP contribution in [0.25, 0.3) is 0 Å². The maximum Gasteiger partial charge on any atom is 0.0378 e. The first-order valence-electron chi connectivity index (χ1n) is 5.40. The van der Waals surface area contributed by atoms with E-state index in [9.17, 15) is 0 Å². The summed E-state index contributed by atoms with van der Waals surface area (Å²) in [6.07, 6.45) is 18.2. The highest BCUT2D eigenvalue weighted by molar-refractivity contribution is 5.45. The second-order valence-corrected chi connectivity index (χ2v) is 4.27. The third kappa shape index (κ3) is 1.30. The average molecular weight is 182 g/mol. The summed E-state index contributed by atoms with van der Waals surface area (Å²) in [6, 6.07) is 0. The minimum absolute atomic E-state index is 1.16. The summed E-state index contributed by atoms with van der Waals surface area (Å²) in [4.78, 5) is 0. The Hall–Kier alpha value is -1.04. The Bertz CT molecular complexity index is 305. The molecule has 0 amide bonds. The van der Waals surface area contributed by atoms with E-state index in [0.29, 0.717) is 0 Å². The number of hydrogen-bond acceptors (Lipinski definition) is 0. The van der Waals surface area contributed by atoms with Gasteiger partial charge in [0, 0.05) is 6.42 Å². The van der Waals surface area contributed by atoms with Crippen LogP contribution in [-0.4, -0.2) is 0 Å². The molecule has 3 aliphatic carbocycles. The van der Waals surface area contributed by atoms with Gasteiger partial charge in [0.1, 0.15) is 0 Å². The molecular formula is C14H14. The first kappa shape index (κ1) is 8.28. The minimum Gasteiger partial charge on any atom is -0.0841 e. The van der Waals surface area contributed by atoms with Crippen LogP contribution >= 0.6 is 0 Å². The van der Waals surface area contributed by atoms with Crippen LogP contribution in [0.1, 0.15) is 32.1 Å². The molecule has 0 saturated carbocycles. The van der Waals surface area contributed by atoms with Crippen molar-refractivity contribution in [1.82, 2.24) is 0 Å². The first-order chi connectivity index (χ1) is 6.93. The first-order valence-corrected chi connectivity index (χ1v) is 5.40. The zero-order valence-electron chi connectivity index (χ0n) is 8.34. The fourth-order valence-corrected chi connectivity index (χ4v) is 2.55. The van der Waals surface area contributed by atoms with Crippen LogP contribution in [-0.2, 0) is 0 Å². The summed E-state index contributed by atoms with van der Waals surface area (Å²) in [6.45, 7) is 0. The van der Waals surface area contributed by atoms with Crippen molar-refractivity contribution >= 4 is 0 Å². The molecule has 70 valence electrons. The van der Waals surface area contributed by atoms with Crippen molar-refractivity contribution in [3.63, 3.8) is 0 Å². The third-order valence-corrected chi connectivity index (χ3v) is 3.38. The molecule has 0 spiro atoms. The van der Waals surface area contributed by atoms with Gasteiger partial charge in [-0.25, -0.2) is 0 Å². The van der Waals surface area contributed by atoms with Crippen LogP contribution in [0.4, 0.5) is 0 Å². The molecule has 0 aromatic carbocycles. The molecule has 14 heavy (non-hydrogen) atoms. The molecule has 0 unspecified atom stereocenters. The fourth-order valence-electron chi connectivity index (χ4n) is 2.55. The maximum atomic E-state index is 3.39. The summed E-state index contributed by atoms with van der Waals surface area (Å²) >= 11 is 0. The molecule has 0 atom stereocenters. The monoisotopic (exact) mass is 182 g/mol. The summed E-state index contributed by atoms with van der Waals surface area (Å²) < 4.78 is 0. The molecule has 0 aromatic heterocycles. The Labute approximate surface area is 85.7 Å². The molecule has 2 radical (unpaired) electrons. The van der Waals surface area contributed by atoms with Gasteiger partial charge in [-0.15, -0.1) is 0 Å². The molecule has 0 N–H and O–H groups in total. The molecule has 0 aliphatic heterocycles. The van der Waals surface area contributed by atoms with Crippen molar-refractivity contribution < 1.29 is 0 Å². The topological polar surface area (TPSA) is 0 Å². The molecule has 0 bridgehead atoms. The van der Waals surface area contributed by atoms with E-state index in [1.807, 2.05) is 0 Å². The average Bonchev–Trinajstić information content (AvgIpc) is 2.26. The number of hydrogen-bond donors (Lipinski definition) is 0. The van der Waals surface area contributed by atoms with Crippen molar-refractivity contribution in [2.45, 2.75) is 32.1 Å². The van der Waals surface area contributed by atoms with Crippen LogP contribution < -0.4 is 0 Å². The van der Waals surface area contributed by atoms with Gasteiger partial charge in [0.05, 0.1) is 0 Å². The van der Waals surface area contributed by atoms with Gasteiger partial charge in [0.25, 0.3) is 0 Å². The van der Waals surface area contributed by atoms with Gasteiger partial charge in [0.15, 0.2) is 0 Å². The van der Waals surface area contributed by atoms with E-state index in [1.54, 1.807) is 16.7 Å². The largest absolute Gasteiger partial charge is 0.0841 e. The highest BCUT2D eigenvalue weighted by atomic mass is 14.3. The standard InChI is InChI=1S/C14H14/c1-2-6-12-10-14-8-4-3-7-13(14)9-11(12)5-1/h1-4H,5-7,9-10H2. The van der Waals surface area contributed by atoms with Crippen LogP contribution in [0.5, 0.6) is 0 Å². The lowest BCUT2D eigenvalue weighted by atomic mass is 9.78. The molecule has 3 rings (SSSR count). The highest BCUT2D eigenvalue weighted by Crippen LogP contribution is 2.39. The Kier molecular flexibility index (Phi) is 1.93. The van der Waals surface area contributed by atoms with Gasteiger partial charge in [-0.1, -0.05) is 46.6 Å². The van der Waals surface area contributed by atoms with Crippen LogP contribution in [0.15, 0.2) is 46.6 Å². The van der Waals surface area contributed by atoms with E-state index >= 15 is 0 Å². The van der Waals surface area contributed by atoms with Crippen LogP contribution in [0.3, 0.4) is 0 Å². The van der Waals surface area contributed by atoms with E-state index in [1.165, 1.54) is 31.3 Å². The molecule has 0 aromatic rings. The van der Waals surface area contributed by atoms with Gasteiger partial charge in [0.2, 0.25) is 0 Å². The van der Waals surface area contributed by atoms with Gasteiger partial charge >= 0.3 is 0 Å². The molecule has 3 aliphatic rings. The van der Waals surface area contributed by atoms with Gasteiger partial charge in [-0.05, 0) is 32.1 Å². The third-order valence-electron chi connectivity index (χ3n) is 3.38. The smallest absolute Gasteiger partial charge is 0.0378 e. The zero-order chi connectivity index (χ0) is 9.38. The van der Waals surface area contributed by atoms with Gasteiger partial charge in [-0.3, -0.25) is 0 Å². The predicted octanol–water partition coefficient (Wildman–Crippen LogP) is 3.76. The normalized spacial score (nSPS) is 25.1. The molecule has 0 heterocycles. The van der Waals surface area contributed by atoms with E-state index in [0.717, 1.165) is 6.42 Å². The molecular weight excluding hydrogens is 168 g/mol. The minimum atomic E-state index is 1.16. The highest BCUT2D eigenvalue weighted by Gasteiger charge is 2.20. The Morgan fingerprint density at radius 2 is 1.50 bits per heavy atom. The van der Waals surface area contributed by atoms with Crippen molar-refractivity contribution in [1.29, 1.82) is 0 Å². The van der Waals surface area contributed by atoms with Crippen molar-refractivity contribution in [3.8, 4) is 0 Å². The quantitative estimate of drug-likeness (QED) is 0.500. The van der Waals surface area contributed by atoms with E-state index in [4.69, 9.17) is 0 Å². The van der Waals surface area contributed by atoms with Crippen molar-refractivity contribution in [3.05, 3.63) is 53.0 Å². The predicted molar refractivity (Wildman–Crippen MR) is 58.7 cm³/mol. The summed E-state index contributed by atoms with van der Waals surface area (Å²) in [5.74, 6) is 0. The van der Waals surface area contributed by atoms with E-state index in [2.05, 4.69) is 30.7 Å². The molecule has 0 heteroatoms. The maximum absolute atomic E-state index is 3.39. The zero-order valence-corrected chi connectivity index (χ0v) is 8.34. The molecule has 0 fully saturated rings. The lowest BCUT2D eigenvalue weighted by Crippen LogP contribution is -2.09. The Morgan fingerprint density at radius 3 is 2.36 bits per heavy atom. The second kappa shape index (κ2) is 3.27. The summed E-state index contributed by atoms with van der Waals surface area (Å²) in [7, 11) is 0. The van der Waals surface area contributed by atoms with Crippen molar-refractivity contribution in [2.24, 2.45) is 0 Å². The SMILES string of the molecule is [C]1C=CCC2=C1CC1=C(CC=CC1)C2. The number of rotatable bonds is 0. The van der Waals surface area contributed by atoms with Gasteiger partial charge in [-0.2, -0.15) is 0 Å². The molecule has 0 saturated heterocycles. The second-order valence-electron chi connectivity index (χ2n) is 4.27. The Balaban J connectivity index is 1.86. The van der Waals surface area contributed by atoms with Crippen LogP contribution in [0.2, 0.25) is 0 Å². The lowest BCUT2D eigenvalue weighted by Gasteiger charge is -2.27. The van der Waals surface area contributed by atoms with Crippen molar-refractivity contribution in [2.75, 3.05) is 0 Å². The molecule has 0 nitrogen and oxygen atoms in total. The Morgan fingerprint density at radius 1 is 0.786 bits per heavy atom. The van der Waals surface area contributed by atoms with Crippen LogP contribution in [0, 0.1) is 6.42 Å². The lowest BCUT2D eigenvalue weighted by molar-refractivity contribution is 0.831. The van der Waals surface area contributed by atoms with Gasteiger partial charge < -0.3 is 0 Å². The van der Waals surface area contributed by atoms with E-state index < -0.39 is 0 Å². The number of allylic oxidation sites excluding steroid dienone is 8. The summed E-state index contributed by atoms with van der Waals surface area (Å²) in [5.41, 5.74) is 6.43.